The van der Waals surface area contributed by atoms with Gasteiger partial charge in [0.2, 0.25) is 0 Å². The molecule has 0 radical (unpaired) electrons. The Kier molecular flexibility index (Phi) is 4.42. The van der Waals surface area contributed by atoms with E-state index in [1.807, 2.05) is 13.0 Å². The molecule has 1 heteroatoms. The van der Waals surface area contributed by atoms with E-state index in [2.05, 4.69) is 19.9 Å². The molecule has 0 nitrogen and oxygen atoms in total. The average molecular weight is 248 g/mol. The summed E-state index contributed by atoms with van der Waals surface area (Å²) < 4.78 is 13.6. The van der Waals surface area contributed by atoms with Crippen molar-refractivity contribution in [3.05, 3.63) is 35.1 Å². The summed E-state index contributed by atoms with van der Waals surface area (Å²) in [6, 6.07) is 5.79. The molecule has 2 rings (SSSR count). The van der Waals surface area contributed by atoms with Crippen molar-refractivity contribution in [1.29, 1.82) is 0 Å². The van der Waals surface area contributed by atoms with Crippen molar-refractivity contribution in [2.75, 3.05) is 0 Å². The molecule has 1 aromatic carbocycles. The summed E-state index contributed by atoms with van der Waals surface area (Å²) >= 11 is 0. The first-order valence-corrected chi connectivity index (χ1v) is 7.37. The Balaban J connectivity index is 1.99. The smallest absolute Gasteiger partial charge is 0.126 e. The second-order valence-corrected chi connectivity index (χ2v) is 6.01. The molecule has 1 saturated carbocycles. The van der Waals surface area contributed by atoms with E-state index in [-0.39, 0.29) is 5.82 Å². The maximum atomic E-state index is 13.6. The standard InChI is InChI=1S/C17H25F/c1-4-12(2)14-7-9-15(10-8-14)16-6-5-13(3)17(18)11-16/h5-6,11-12,14-15H,4,7-10H2,1-3H3/t12-,14?,15?/m0/s1. The van der Waals surface area contributed by atoms with E-state index in [0.717, 1.165) is 17.4 Å². The number of hydrogen-bond donors (Lipinski definition) is 0. The molecule has 0 heterocycles. The van der Waals surface area contributed by atoms with Gasteiger partial charge in [0, 0.05) is 0 Å². The molecule has 1 fully saturated rings. The van der Waals surface area contributed by atoms with Gasteiger partial charge in [-0.2, -0.15) is 0 Å². The molecule has 0 aliphatic heterocycles. The minimum atomic E-state index is -0.0449. The summed E-state index contributed by atoms with van der Waals surface area (Å²) in [5.74, 6) is 2.28. The lowest BCUT2D eigenvalue weighted by Gasteiger charge is -2.32. The normalized spacial score (nSPS) is 26.0. The fourth-order valence-corrected chi connectivity index (χ4v) is 3.22. The third-order valence-corrected chi connectivity index (χ3v) is 4.89. The Morgan fingerprint density at radius 2 is 1.89 bits per heavy atom. The quantitative estimate of drug-likeness (QED) is 0.667. The monoisotopic (exact) mass is 248 g/mol. The predicted molar refractivity (Wildman–Crippen MR) is 75.3 cm³/mol. The van der Waals surface area contributed by atoms with E-state index in [0.29, 0.717) is 5.92 Å². The van der Waals surface area contributed by atoms with Crippen molar-refractivity contribution in [3.8, 4) is 0 Å². The van der Waals surface area contributed by atoms with Gasteiger partial charge in [0.1, 0.15) is 5.82 Å². The van der Waals surface area contributed by atoms with Crippen LogP contribution in [0.2, 0.25) is 0 Å². The topological polar surface area (TPSA) is 0 Å². The lowest BCUT2D eigenvalue weighted by molar-refractivity contribution is 0.240. The van der Waals surface area contributed by atoms with Crippen LogP contribution in [-0.4, -0.2) is 0 Å². The molecule has 18 heavy (non-hydrogen) atoms. The summed E-state index contributed by atoms with van der Waals surface area (Å²) in [5, 5.41) is 0. The predicted octanol–water partition coefficient (Wildman–Crippen LogP) is 5.45. The van der Waals surface area contributed by atoms with Crippen LogP contribution in [0.15, 0.2) is 18.2 Å². The summed E-state index contributed by atoms with van der Waals surface area (Å²) in [7, 11) is 0. The highest BCUT2D eigenvalue weighted by Gasteiger charge is 2.25. The first-order valence-electron chi connectivity index (χ1n) is 7.37. The third-order valence-electron chi connectivity index (χ3n) is 4.89. The zero-order valence-electron chi connectivity index (χ0n) is 11.9. The van der Waals surface area contributed by atoms with Gasteiger partial charge in [-0.1, -0.05) is 32.4 Å². The Hall–Kier alpha value is -0.850. The second kappa shape index (κ2) is 5.86. The molecule has 100 valence electrons. The molecule has 1 aromatic rings. The highest BCUT2D eigenvalue weighted by molar-refractivity contribution is 5.26. The Morgan fingerprint density at radius 1 is 1.22 bits per heavy atom. The summed E-state index contributed by atoms with van der Waals surface area (Å²) in [6.45, 7) is 6.49. The van der Waals surface area contributed by atoms with Gasteiger partial charge in [-0.3, -0.25) is 0 Å². The molecule has 0 spiro atoms. The van der Waals surface area contributed by atoms with E-state index in [1.165, 1.54) is 37.7 Å². The van der Waals surface area contributed by atoms with Crippen molar-refractivity contribution < 1.29 is 4.39 Å². The third kappa shape index (κ3) is 2.93. The molecule has 0 bridgehead atoms. The van der Waals surface area contributed by atoms with Crippen LogP contribution in [0.3, 0.4) is 0 Å². The van der Waals surface area contributed by atoms with Gasteiger partial charge in [-0.05, 0) is 67.6 Å². The number of benzene rings is 1. The minimum absolute atomic E-state index is 0.0449. The van der Waals surface area contributed by atoms with Crippen molar-refractivity contribution in [1.82, 2.24) is 0 Å². The van der Waals surface area contributed by atoms with Crippen LogP contribution in [0.25, 0.3) is 0 Å². The molecule has 0 aromatic heterocycles. The number of hydrogen-bond acceptors (Lipinski definition) is 0. The highest BCUT2D eigenvalue weighted by Crippen LogP contribution is 2.39. The average Bonchev–Trinajstić information content (AvgIpc) is 2.41. The first kappa shape index (κ1) is 13.6. The van der Waals surface area contributed by atoms with Gasteiger partial charge in [0.15, 0.2) is 0 Å². The van der Waals surface area contributed by atoms with Gasteiger partial charge >= 0.3 is 0 Å². The largest absolute Gasteiger partial charge is 0.207 e. The lowest BCUT2D eigenvalue weighted by Crippen LogP contribution is -2.19. The lowest BCUT2D eigenvalue weighted by atomic mass is 9.73. The van der Waals surface area contributed by atoms with Gasteiger partial charge < -0.3 is 0 Å². The molecule has 0 N–H and O–H groups in total. The fraction of sp³-hybridized carbons (Fsp3) is 0.647. The first-order chi connectivity index (χ1) is 8.61. The summed E-state index contributed by atoms with van der Waals surface area (Å²) in [6.07, 6.45) is 6.38. The van der Waals surface area contributed by atoms with E-state index in [1.54, 1.807) is 6.07 Å². The van der Waals surface area contributed by atoms with E-state index in [9.17, 15) is 4.39 Å². The molecule has 1 aliphatic rings. The Morgan fingerprint density at radius 3 is 2.44 bits per heavy atom. The molecule has 0 saturated heterocycles. The Bertz CT molecular complexity index is 389. The van der Waals surface area contributed by atoms with E-state index < -0.39 is 0 Å². The van der Waals surface area contributed by atoms with Gasteiger partial charge in [0.25, 0.3) is 0 Å². The molecule has 0 amide bonds. The molecule has 1 aliphatic carbocycles. The van der Waals surface area contributed by atoms with Crippen LogP contribution in [-0.2, 0) is 0 Å². The number of aryl methyl sites for hydroxylation is 1. The highest BCUT2D eigenvalue weighted by atomic mass is 19.1. The Labute approximate surface area is 111 Å². The SMILES string of the molecule is CC[C@H](C)C1CCC(c2ccc(C)c(F)c2)CC1. The van der Waals surface area contributed by atoms with Gasteiger partial charge in [-0.25, -0.2) is 4.39 Å². The van der Waals surface area contributed by atoms with Crippen LogP contribution in [0.4, 0.5) is 4.39 Å². The number of rotatable bonds is 3. The zero-order chi connectivity index (χ0) is 13.1. The van der Waals surface area contributed by atoms with Gasteiger partial charge in [-0.15, -0.1) is 0 Å². The number of halogens is 1. The maximum Gasteiger partial charge on any atom is 0.126 e. The van der Waals surface area contributed by atoms with E-state index >= 15 is 0 Å². The van der Waals surface area contributed by atoms with Crippen LogP contribution in [0.5, 0.6) is 0 Å². The van der Waals surface area contributed by atoms with E-state index in [4.69, 9.17) is 0 Å². The second-order valence-electron chi connectivity index (χ2n) is 6.01. The summed E-state index contributed by atoms with van der Waals surface area (Å²) in [5.41, 5.74) is 1.97. The molecule has 0 unspecified atom stereocenters. The molecule has 1 atom stereocenters. The van der Waals surface area contributed by atoms with Crippen LogP contribution in [0.1, 0.15) is 63.0 Å². The van der Waals surface area contributed by atoms with Crippen molar-refractivity contribution in [2.45, 2.75) is 58.8 Å². The minimum Gasteiger partial charge on any atom is -0.207 e. The van der Waals surface area contributed by atoms with Gasteiger partial charge in [0.05, 0.1) is 0 Å². The zero-order valence-corrected chi connectivity index (χ0v) is 11.9. The maximum absolute atomic E-state index is 13.6. The fourth-order valence-electron chi connectivity index (χ4n) is 3.22. The molecular weight excluding hydrogens is 223 g/mol. The van der Waals surface area contributed by atoms with Crippen LogP contribution >= 0.6 is 0 Å². The van der Waals surface area contributed by atoms with Crippen LogP contribution in [0, 0.1) is 24.6 Å². The van der Waals surface area contributed by atoms with Crippen LogP contribution < -0.4 is 0 Å². The summed E-state index contributed by atoms with van der Waals surface area (Å²) in [4.78, 5) is 0. The van der Waals surface area contributed by atoms with Crippen molar-refractivity contribution >= 4 is 0 Å². The molecular formula is C17H25F. The van der Waals surface area contributed by atoms with Crippen molar-refractivity contribution in [2.24, 2.45) is 11.8 Å². The van der Waals surface area contributed by atoms with Crippen molar-refractivity contribution in [3.63, 3.8) is 0 Å².